The molecule has 1 aliphatic rings. The van der Waals surface area contributed by atoms with Crippen LogP contribution in [-0.2, 0) is 11.2 Å². The third-order valence-corrected chi connectivity index (χ3v) is 3.96. The van der Waals surface area contributed by atoms with Gasteiger partial charge in [0.25, 0.3) is 5.91 Å². The van der Waals surface area contributed by atoms with Crippen LogP contribution in [0.1, 0.15) is 17.0 Å². The number of aromatic nitrogens is 2. The molecule has 2 aromatic carbocycles. The Hall–Kier alpha value is -3.55. The van der Waals surface area contributed by atoms with Gasteiger partial charge in [0.05, 0.1) is 6.42 Å². The molecule has 138 valence electrons. The highest BCUT2D eigenvalue weighted by Crippen LogP contribution is 2.33. The number of rotatable bonds is 6. The van der Waals surface area contributed by atoms with Crippen LogP contribution in [0.4, 0.5) is 6.01 Å². The molecule has 0 fully saturated rings. The Kier molecular flexibility index (Phi) is 4.61. The van der Waals surface area contributed by atoms with Crippen molar-refractivity contribution in [1.82, 2.24) is 10.2 Å². The zero-order chi connectivity index (χ0) is 18.6. The number of amides is 1. The number of nitrogens with one attached hydrogen (secondary N) is 1. The first kappa shape index (κ1) is 16.9. The zero-order valence-electron chi connectivity index (χ0n) is 14.6. The number of carbonyl (C=O) groups excluding carboxylic acids is 1. The van der Waals surface area contributed by atoms with E-state index in [-0.39, 0.29) is 25.3 Å². The number of ether oxygens (including phenoxy) is 3. The van der Waals surface area contributed by atoms with Gasteiger partial charge in [0.15, 0.2) is 18.1 Å². The molecule has 27 heavy (non-hydrogen) atoms. The summed E-state index contributed by atoms with van der Waals surface area (Å²) in [6.07, 6.45) is 0.416. The SMILES string of the molecule is Cc1ccccc1OCC(=O)Nc1nnc(Cc2ccc3c(c2)OCO3)o1. The van der Waals surface area contributed by atoms with Gasteiger partial charge in [0, 0.05) is 0 Å². The number of carbonyl (C=O) groups is 1. The fourth-order valence-electron chi connectivity index (χ4n) is 2.62. The van der Waals surface area contributed by atoms with Crippen molar-refractivity contribution in [2.45, 2.75) is 13.3 Å². The van der Waals surface area contributed by atoms with Gasteiger partial charge in [-0.3, -0.25) is 10.1 Å². The van der Waals surface area contributed by atoms with E-state index in [2.05, 4.69) is 15.5 Å². The largest absolute Gasteiger partial charge is 0.483 e. The first-order valence-corrected chi connectivity index (χ1v) is 8.36. The number of para-hydroxylation sites is 1. The highest BCUT2D eigenvalue weighted by atomic mass is 16.7. The van der Waals surface area contributed by atoms with Crippen molar-refractivity contribution in [3.8, 4) is 17.2 Å². The molecule has 1 amide bonds. The molecule has 8 heteroatoms. The summed E-state index contributed by atoms with van der Waals surface area (Å²) in [7, 11) is 0. The quantitative estimate of drug-likeness (QED) is 0.715. The maximum Gasteiger partial charge on any atom is 0.322 e. The molecular formula is C19H17N3O5. The van der Waals surface area contributed by atoms with E-state index in [1.165, 1.54) is 0 Å². The summed E-state index contributed by atoms with van der Waals surface area (Å²) in [6, 6.07) is 13.1. The van der Waals surface area contributed by atoms with Crippen molar-refractivity contribution in [2.75, 3.05) is 18.7 Å². The number of nitrogens with zero attached hydrogens (tertiary/aromatic N) is 2. The Balaban J connectivity index is 1.32. The van der Waals surface area contributed by atoms with Crippen LogP contribution in [0, 0.1) is 6.92 Å². The van der Waals surface area contributed by atoms with E-state index in [4.69, 9.17) is 18.6 Å². The fraction of sp³-hybridized carbons (Fsp3) is 0.211. The van der Waals surface area contributed by atoms with Crippen molar-refractivity contribution in [3.05, 3.63) is 59.5 Å². The maximum atomic E-state index is 12.0. The summed E-state index contributed by atoms with van der Waals surface area (Å²) in [5.74, 6) is 2.06. The Morgan fingerprint density at radius 2 is 2.00 bits per heavy atom. The average molecular weight is 367 g/mol. The lowest BCUT2D eigenvalue weighted by Crippen LogP contribution is -2.20. The van der Waals surface area contributed by atoms with Crippen LogP contribution in [0.25, 0.3) is 0 Å². The van der Waals surface area contributed by atoms with Crippen molar-refractivity contribution in [1.29, 1.82) is 0 Å². The van der Waals surface area contributed by atoms with E-state index in [1.54, 1.807) is 6.07 Å². The lowest BCUT2D eigenvalue weighted by Gasteiger charge is -2.07. The molecule has 0 spiro atoms. The Bertz CT molecular complexity index is 969. The van der Waals surface area contributed by atoms with Crippen LogP contribution in [0.2, 0.25) is 0 Å². The molecule has 0 bridgehead atoms. The van der Waals surface area contributed by atoms with Crippen LogP contribution in [-0.4, -0.2) is 29.5 Å². The van der Waals surface area contributed by atoms with Crippen molar-refractivity contribution in [3.63, 3.8) is 0 Å². The molecule has 0 saturated carbocycles. The van der Waals surface area contributed by atoms with E-state index < -0.39 is 0 Å². The smallest absolute Gasteiger partial charge is 0.322 e. The molecule has 0 aliphatic carbocycles. The monoisotopic (exact) mass is 367 g/mol. The third-order valence-electron chi connectivity index (χ3n) is 3.96. The topological polar surface area (TPSA) is 95.7 Å². The number of hydrogen-bond acceptors (Lipinski definition) is 7. The van der Waals surface area contributed by atoms with Gasteiger partial charge in [-0.05, 0) is 36.2 Å². The fourth-order valence-corrected chi connectivity index (χ4v) is 2.62. The van der Waals surface area contributed by atoms with Gasteiger partial charge >= 0.3 is 6.01 Å². The minimum Gasteiger partial charge on any atom is -0.483 e. The van der Waals surface area contributed by atoms with Gasteiger partial charge in [0.2, 0.25) is 12.7 Å². The summed E-state index contributed by atoms with van der Waals surface area (Å²) in [6.45, 7) is 1.98. The number of hydrogen-bond donors (Lipinski definition) is 1. The summed E-state index contributed by atoms with van der Waals surface area (Å²) < 4.78 is 21.6. The summed E-state index contributed by atoms with van der Waals surface area (Å²) >= 11 is 0. The highest BCUT2D eigenvalue weighted by molar-refractivity contribution is 5.89. The standard InChI is InChI=1S/C19H17N3O5/c1-12-4-2-3-5-14(12)24-10-17(23)20-19-22-21-18(27-19)9-13-6-7-15-16(8-13)26-11-25-15/h2-8H,9-11H2,1H3,(H,20,22,23). The highest BCUT2D eigenvalue weighted by Gasteiger charge is 2.15. The van der Waals surface area contributed by atoms with Crippen molar-refractivity contribution < 1.29 is 23.4 Å². The lowest BCUT2D eigenvalue weighted by molar-refractivity contribution is -0.118. The molecule has 0 unspecified atom stereocenters. The lowest BCUT2D eigenvalue weighted by atomic mass is 10.1. The summed E-state index contributed by atoms with van der Waals surface area (Å²) in [5, 5.41) is 10.3. The van der Waals surface area contributed by atoms with Gasteiger partial charge in [0.1, 0.15) is 5.75 Å². The van der Waals surface area contributed by atoms with Crippen LogP contribution in [0.15, 0.2) is 46.9 Å². The Morgan fingerprint density at radius 3 is 2.89 bits per heavy atom. The molecule has 4 rings (SSSR count). The normalized spacial score (nSPS) is 12.0. The van der Waals surface area contributed by atoms with Crippen LogP contribution in [0.3, 0.4) is 0 Å². The summed E-state index contributed by atoms with van der Waals surface area (Å²) in [5.41, 5.74) is 1.89. The van der Waals surface area contributed by atoms with E-state index >= 15 is 0 Å². The maximum absolute atomic E-state index is 12.0. The number of aryl methyl sites for hydroxylation is 1. The summed E-state index contributed by atoms with van der Waals surface area (Å²) in [4.78, 5) is 12.0. The Labute approximate surface area is 155 Å². The second-order valence-electron chi connectivity index (χ2n) is 5.97. The first-order valence-electron chi connectivity index (χ1n) is 8.36. The van der Waals surface area contributed by atoms with Gasteiger partial charge in [-0.2, -0.15) is 0 Å². The molecule has 1 aliphatic heterocycles. The van der Waals surface area contributed by atoms with Crippen molar-refractivity contribution in [2.24, 2.45) is 0 Å². The number of benzene rings is 2. The average Bonchev–Trinajstić information content (AvgIpc) is 3.30. The molecule has 0 saturated heterocycles. The van der Waals surface area contributed by atoms with Gasteiger partial charge in [-0.25, -0.2) is 0 Å². The zero-order valence-corrected chi connectivity index (χ0v) is 14.6. The molecule has 0 atom stereocenters. The van der Waals surface area contributed by atoms with Crippen LogP contribution < -0.4 is 19.5 Å². The Morgan fingerprint density at radius 1 is 1.15 bits per heavy atom. The molecule has 1 aromatic heterocycles. The third kappa shape index (κ3) is 4.00. The molecule has 1 N–H and O–H groups in total. The molecule has 0 radical (unpaired) electrons. The number of anilines is 1. The van der Waals surface area contributed by atoms with Crippen LogP contribution in [0.5, 0.6) is 17.2 Å². The van der Waals surface area contributed by atoms with Gasteiger partial charge < -0.3 is 18.6 Å². The minimum atomic E-state index is -0.378. The van der Waals surface area contributed by atoms with E-state index in [0.717, 1.165) is 11.1 Å². The molecule has 8 nitrogen and oxygen atoms in total. The molecule has 2 heterocycles. The molecular weight excluding hydrogens is 350 g/mol. The van der Waals surface area contributed by atoms with Gasteiger partial charge in [-0.15, -0.1) is 5.10 Å². The van der Waals surface area contributed by atoms with Crippen molar-refractivity contribution >= 4 is 11.9 Å². The predicted molar refractivity (Wildman–Crippen MR) is 95.0 cm³/mol. The first-order chi connectivity index (χ1) is 13.2. The predicted octanol–water partition coefficient (Wildman–Crippen LogP) is 2.72. The van der Waals surface area contributed by atoms with E-state index in [1.807, 2.05) is 43.3 Å². The van der Waals surface area contributed by atoms with Gasteiger partial charge in [-0.1, -0.05) is 29.4 Å². The second-order valence-corrected chi connectivity index (χ2v) is 5.97. The second kappa shape index (κ2) is 7.36. The van der Waals surface area contributed by atoms with Crippen LogP contribution >= 0.6 is 0 Å². The van der Waals surface area contributed by atoms with E-state index in [0.29, 0.717) is 29.6 Å². The minimum absolute atomic E-state index is 0.0316. The number of fused-ring (bicyclic) bond motifs is 1. The molecule has 3 aromatic rings. The van der Waals surface area contributed by atoms with E-state index in [9.17, 15) is 4.79 Å².